The molecule has 0 fully saturated rings. The first kappa shape index (κ1) is 18.3. The molecule has 0 bridgehead atoms. The highest BCUT2D eigenvalue weighted by molar-refractivity contribution is 6.33. The number of halogens is 2. The minimum atomic E-state index is -1.28. The van der Waals surface area contributed by atoms with E-state index in [2.05, 4.69) is 5.32 Å². The Bertz CT molecular complexity index is 843. The molecule has 9 heteroatoms. The number of anilines is 1. The molecule has 0 unspecified atom stereocenters. The molecule has 1 atom stereocenters. The molecule has 2 rings (SSSR count). The number of ether oxygens (including phenoxy) is 1. The molecule has 0 aromatic heterocycles. The van der Waals surface area contributed by atoms with E-state index in [9.17, 15) is 24.1 Å². The zero-order chi connectivity index (χ0) is 18.6. The minimum absolute atomic E-state index is 0.0580. The lowest BCUT2D eigenvalue weighted by Gasteiger charge is -2.14. The van der Waals surface area contributed by atoms with E-state index in [1.165, 1.54) is 31.2 Å². The van der Waals surface area contributed by atoms with E-state index in [-0.39, 0.29) is 22.0 Å². The molecule has 1 N–H and O–H groups in total. The second-order valence-electron chi connectivity index (χ2n) is 4.94. The van der Waals surface area contributed by atoms with Crippen LogP contribution in [0, 0.1) is 15.9 Å². The van der Waals surface area contributed by atoms with Crippen molar-refractivity contribution in [2.24, 2.45) is 0 Å². The zero-order valence-electron chi connectivity index (χ0n) is 12.9. The van der Waals surface area contributed by atoms with Crippen molar-refractivity contribution in [3.05, 3.63) is 69.0 Å². The van der Waals surface area contributed by atoms with Crippen molar-refractivity contribution in [1.29, 1.82) is 0 Å². The lowest BCUT2D eigenvalue weighted by molar-refractivity contribution is -0.384. The third-order valence-corrected chi connectivity index (χ3v) is 3.50. The largest absolute Gasteiger partial charge is 0.449 e. The summed E-state index contributed by atoms with van der Waals surface area (Å²) in [6, 6.07) is 8.76. The Kier molecular flexibility index (Phi) is 5.66. The fourth-order valence-corrected chi connectivity index (χ4v) is 2.05. The van der Waals surface area contributed by atoms with Crippen molar-refractivity contribution >= 4 is 34.9 Å². The second-order valence-corrected chi connectivity index (χ2v) is 5.35. The van der Waals surface area contributed by atoms with Gasteiger partial charge in [-0.2, -0.15) is 0 Å². The van der Waals surface area contributed by atoms with Crippen molar-refractivity contribution in [2.45, 2.75) is 13.0 Å². The molecule has 0 aliphatic heterocycles. The maximum atomic E-state index is 13.5. The fourth-order valence-electron chi connectivity index (χ4n) is 1.86. The van der Waals surface area contributed by atoms with Crippen LogP contribution < -0.4 is 5.32 Å². The van der Waals surface area contributed by atoms with Gasteiger partial charge in [-0.05, 0) is 25.1 Å². The zero-order valence-corrected chi connectivity index (χ0v) is 13.6. The van der Waals surface area contributed by atoms with Crippen LogP contribution in [0.15, 0.2) is 42.5 Å². The van der Waals surface area contributed by atoms with Crippen molar-refractivity contribution in [3.63, 3.8) is 0 Å². The molecule has 0 spiro atoms. The van der Waals surface area contributed by atoms with Gasteiger partial charge in [0.15, 0.2) is 6.10 Å². The summed E-state index contributed by atoms with van der Waals surface area (Å²) in [4.78, 5) is 34.2. The van der Waals surface area contributed by atoms with Gasteiger partial charge in [-0.15, -0.1) is 0 Å². The van der Waals surface area contributed by atoms with Gasteiger partial charge in [-0.25, -0.2) is 9.18 Å². The number of rotatable bonds is 5. The Morgan fingerprint density at radius 1 is 1.28 bits per heavy atom. The van der Waals surface area contributed by atoms with Crippen molar-refractivity contribution in [2.75, 3.05) is 5.32 Å². The first-order valence-electron chi connectivity index (χ1n) is 7.00. The molecular weight excluding hydrogens is 355 g/mol. The van der Waals surface area contributed by atoms with E-state index < -0.39 is 28.7 Å². The number of amides is 1. The van der Waals surface area contributed by atoms with Gasteiger partial charge in [-0.1, -0.05) is 23.7 Å². The number of nitrogens with zero attached hydrogens (tertiary/aromatic N) is 1. The van der Waals surface area contributed by atoms with Crippen LogP contribution in [0.3, 0.4) is 0 Å². The van der Waals surface area contributed by atoms with Crippen molar-refractivity contribution in [3.8, 4) is 0 Å². The monoisotopic (exact) mass is 366 g/mol. The molecule has 0 saturated heterocycles. The maximum Gasteiger partial charge on any atom is 0.340 e. The normalized spacial score (nSPS) is 11.5. The van der Waals surface area contributed by atoms with Crippen LogP contribution in [0.25, 0.3) is 0 Å². The number of non-ortho nitro benzene ring substituents is 1. The Balaban J connectivity index is 2.09. The molecule has 25 heavy (non-hydrogen) atoms. The van der Waals surface area contributed by atoms with E-state index in [4.69, 9.17) is 16.3 Å². The number of nitro groups is 1. The Morgan fingerprint density at radius 2 is 1.96 bits per heavy atom. The SMILES string of the molecule is C[C@@H](OC(=O)c1cc([N+](=O)[O-])ccc1Cl)C(=O)Nc1ccccc1F. The highest BCUT2D eigenvalue weighted by Gasteiger charge is 2.23. The van der Waals surface area contributed by atoms with Gasteiger partial charge < -0.3 is 10.1 Å². The number of benzene rings is 2. The molecule has 1 amide bonds. The standard InChI is InChI=1S/C16H12ClFN2O5/c1-9(15(21)19-14-5-3-2-4-13(14)18)25-16(22)11-8-10(20(23)24)6-7-12(11)17/h2-9H,1H3,(H,19,21)/t9-/m1/s1. The molecule has 0 radical (unpaired) electrons. The quantitative estimate of drug-likeness (QED) is 0.495. The molecule has 2 aromatic carbocycles. The van der Waals surface area contributed by atoms with Gasteiger partial charge in [0.25, 0.3) is 11.6 Å². The van der Waals surface area contributed by atoms with Gasteiger partial charge in [0.1, 0.15) is 5.82 Å². The summed E-state index contributed by atoms with van der Waals surface area (Å²) < 4.78 is 18.5. The highest BCUT2D eigenvalue weighted by Crippen LogP contribution is 2.23. The molecule has 7 nitrogen and oxygen atoms in total. The lowest BCUT2D eigenvalue weighted by Crippen LogP contribution is -2.30. The van der Waals surface area contributed by atoms with Crippen LogP contribution >= 0.6 is 11.6 Å². The van der Waals surface area contributed by atoms with Gasteiger partial charge in [0.05, 0.1) is 21.2 Å². The molecule has 0 heterocycles. The Labute approximate surface area is 146 Å². The second kappa shape index (κ2) is 7.71. The van der Waals surface area contributed by atoms with Gasteiger partial charge in [0.2, 0.25) is 0 Å². The van der Waals surface area contributed by atoms with Crippen LogP contribution in [0.5, 0.6) is 0 Å². The summed E-state index contributed by atoms with van der Waals surface area (Å²) in [5.74, 6) is -2.42. The number of para-hydroxylation sites is 1. The summed E-state index contributed by atoms with van der Waals surface area (Å²) in [6.07, 6.45) is -1.28. The molecular formula is C16H12ClFN2O5. The first-order valence-corrected chi connectivity index (χ1v) is 7.37. The minimum Gasteiger partial charge on any atom is -0.449 e. The molecule has 0 saturated carbocycles. The summed E-state index contributed by atoms with van der Waals surface area (Å²) in [5.41, 5.74) is -0.662. The van der Waals surface area contributed by atoms with E-state index in [1.54, 1.807) is 0 Å². The molecule has 130 valence electrons. The average molecular weight is 367 g/mol. The lowest BCUT2D eigenvalue weighted by atomic mass is 10.2. The van der Waals surface area contributed by atoms with Crippen LogP contribution in [0.2, 0.25) is 5.02 Å². The third-order valence-electron chi connectivity index (χ3n) is 3.17. The van der Waals surface area contributed by atoms with E-state index in [0.717, 1.165) is 18.2 Å². The van der Waals surface area contributed by atoms with E-state index in [1.807, 2.05) is 0 Å². The number of nitro benzene ring substituents is 1. The number of esters is 1. The Morgan fingerprint density at radius 3 is 2.60 bits per heavy atom. The van der Waals surface area contributed by atoms with Crippen LogP contribution in [0.1, 0.15) is 17.3 Å². The maximum absolute atomic E-state index is 13.5. The van der Waals surface area contributed by atoms with Crippen molar-refractivity contribution < 1.29 is 23.6 Å². The summed E-state index contributed by atoms with van der Waals surface area (Å²) in [7, 11) is 0. The fraction of sp³-hybridized carbons (Fsp3) is 0.125. The Hall–Kier alpha value is -3.00. The number of hydrogen-bond donors (Lipinski definition) is 1. The highest BCUT2D eigenvalue weighted by atomic mass is 35.5. The van der Waals surface area contributed by atoms with Crippen LogP contribution in [0.4, 0.5) is 15.8 Å². The predicted molar refractivity (Wildman–Crippen MR) is 88.0 cm³/mol. The van der Waals surface area contributed by atoms with Gasteiger partial charge in [-0.3, -0.25) is 14.9 Å². The van der Waals surface area contributed by atoms with Crippen LogP contribution in [-0.2, 0) is 9.53 Å². The summed E-state index contributed by atoms with van der Waals surface area (Å²) in [6.45, 7) is 1.28. The predicted octanol–water partition coefficient (Wildman–Crippen LogP) is 3.57. The molecule has 0 aliphatic carbocycles. The molecule has 2 aromatic rings. The van der Waals surface area contributed by atoms with Gasteiger partial charge >= 0.3 is 5.97 Å². The average Bonchev–Trinajstić information content (AvgIpc) is 2.56. The number of nitrogens with one attached hydrogen (secondary N) is 1. The number of carbonyl (C=O) groups excluding carboxylic acids is 2. The van der Waals surface area contributed by atoms with Gasteiger partial charge in [0, 0.05) is 12.1 Å². The molecule has 0 aliphatic rings. The number of hydrogen-bond acceptors (Lipinski definition) is 5. The first-order chi connectivity index (χ1) is 11.8. The van der Waals surface area contributed by atoms with Crippen molar-refractivity contribution in [1.82, 2.24) is 0 Å². The van der Waals surface area contributed by atoms with E-state index in [0.29, 0.717) is 0 Å². The number of carbonyl (C=O) groups is 2. The topological polar surface area (TPSA) is 98.5 Å². The van der Waals surface area contributed by atoms with E-state index >= 15 is 0 Å². The third kappa shape index (κ3) is 4.51. The summed E-state index contributed by atoms with van der Waals surface area (Å²) in [5, 5.41) is 13.0. The summed E-state index contributed by atoms with van der Waals surface area (Å²) >= 11 is 5.84. The smallest absolute Gasteiger partial charge is 0.340 e. The van der Waals surface area contributed by atoms with Crippen LogP contribution in [-0.4, -0.2) is 22.9 Å².